The number of para-hydroxylation sites is 1. The number of nitrogens with one attached hydrogen (secondary N) is 1. The lowest BCUT2D eigenvalue weighted by molar-refractivity contribution is 0.883. The van der Waals surface area contributed by atoms with E-state index in [2.05, 4.69) is 42.6 Å². The number of benzene rings is 3. The van der Waals surface area contributed by atoms with Crippen molar-refractivity contribution >= 4 is 17.3 Å². The van der Waals surface area contributed by atoms with Gasteiger partial charge in [0.2, 0.25) is 0 Å². The number of halogens is 1. The summed E-state index contributed by atoms with van der Waals surface area (Å²) < 4.78 is 1.87. The molecule has 3 aromatic carbocycles. The van der Waals surface area contributed by atoms with Crippen molar-refractivity contribution in [1.82, 2.24) is 9.78 Å². The largest absolute Gasteiger partial charge is 0.361 e. The van der Waals surface area contributed by atoms with Crippen LogP contribution < -0.4 is 5.32 Å². The van der Waals surface area contributed by atoms with E-state index in [1.807, 2.05) is 66.3 Å². The Balaban J connectivity index is 1.67. The average Bonchev–Trinajstić information content (AvgIpc) is 3.23. The topological polar surface area (TPSA) is 53.6 Å². The van der Waals surface area contributed by atoms with Gasteiger partial charge in [-0.1, -0.05) is 65.7 Å². The van der Waals surface area contributed by atoms with Gasteiger partial charge in [0.1, 0.15) is 0 Å². The van der Waals surface area contributed by atoms with Gasteiger partial charge in [-0.15, -0.1) is 0 Å². The van der Waals surface area contributed by atoms with Crippen molar-refractivity contribution in [3.05, 3.63) is 112 Å². The highest BCUT2D eigenvalue weighted by Crippen LogP contribution is 2.26. The minimum Gasteiger partial charge on any atom is -0.361 e. The lowest BCUT2D eigenvalue weighted by Gasteiger charge is -2.06. The molecule has 0 aliphatic rings. The van der Waals surface area contributed by atoms with E-state index in [1.54, 1.807) is 6.20 Å². The molecule has 0 bridgehead atoms. The molecule has 1 aromatic heterocycles. The first kappa shape index (κ1) is 21.4. The second-order valence-electron chi connectivity index (χ2n) is 7.72. The van der Waals surface area contributed by atoms with E-state index < -0.39 is 0 Å². The quantitative estimate of drug-likeness (QED) is 0.334. The summed E-state index contributed by atoms with van der Waals surface area (Å²) in [5, 5.41) is 18.5. The van der Waals surface area contributed by atoms with E-state index in [0.717, 1.165) is 33.8 Å². The predicted molar refractivity (Wildman–Crippen MR) is 131 cm³/mol. The summed E-state index contributed by atoms with van der Waals surface area (Å²) in [5.41, 5.74) is 7.49. The number of allylic oxidation sites excluding steroid dienone is 1. The molecule has 0 spiro atoms. The molecule has 0 unspecified atom stereocenters. The van der Waals surface area contributed by atoms with Gasteiger partial charge in [-0.3, -0.25) is 0 Å². The minimum absolute atomic E-state index is 0.457. The number of hydrogen-bond donors (Lipinski definition) is 1. The van der Waals surface area contributed by atoms with E-state index in [9.17, 15) is 5.26 Å². The number of aromatic nitrogens is 2. The molecule has 0 aliphatic heterocycles. The van der Waals surface area contributed by atoms with Gasteiger partial charge >= 0.3 is 0 Å². The molecular formula is C27H23ClN4. The maximum atomic E-state index is 9.77. The molecular weight excluding hydrogens is 416 g/mol. The Hall–Kier alpha value is -3.81. The second-order valence-corrected chi connectivity index (χ2v) is 8.12. The number of nitrogens with zero attached hydrogens (tertiary/aromatic N) is 3. The van der Waals surface area contributed by atoms with Crippen LogP contribution in [-0.4, -0.2) is 9.78 Å². The SMILES string of the molecule is Cc1ccc(-c2nn(-c3ccccc3)cc2C/C(C#N)=C/Nc2ccc(C)c(Cl)c2)cc1. The third-order valence-corrected chi connectivity index (χ3v) is 5.65. The van der Waals surface area contributed by atoms with Crippen molar-refractivity contribution in [3.63, 3.8) is 0 Å². The van der Waals surface area contributed by atoms with Crippen LogP contribution in [0.1, 0.15) is 16.7 Å². The summed E-state index contributed by atoms with van der Waals surface area (Å²) in [5.74, 6) is 0. The highest BCUT2D eigenvalue weighted by molar-refractivity contribution is 6.31. The van der Waals surface area contributed by atoms with Crippen LogP contribution in [0.2, 0.25) is 5.02 Å². The van der Waals surface area contributed by atoms with E-state index in [4.69, 9.17) is 16.7 Å². The second kappa shape index (κ2) is 9.55. The average molecular weight is 439 g/mol. The van der Waals surface area contributed by atoms with E-state index in [0.29, 0.717) is 17.0 Å². The van der Waals surface area contributed by atoms with E-state index in [1.165, 1.54) is 5.56 Å². The molecule has 1 heterocycles. The lowest BCUT2D eigenvalue weighted by Crippen LogP contribution is -1.95. The van der Waals surface area contributed by atoms with Crippen LogP contribution >= 0.6 is 11.6 Å². The molecule has 0 radical (unpaired) electrons. The van der Waals surface area contributed by atoms with Crippen molar-refractivity contribution in [2.24, 2.45) is 0 Å². The first-order valence-electron chi connectivity index (χ1n) is 10.4. The number of rotatable bonds is 6. The standard InChI is InChI=1S/C27H23ClN4/c1-19-8-11-22(12-9-19)27-23(18-32(31-27)25-6-4-3-5-7-25)14-21(16-29)17-30-24-13-10-20(2)26(28)15-24/h3-13,15,17-18,30H,14H2,1-2H3/b21-17-. The van der Waals surface area contributed by atoms with Gasteiger partial charge in [-0.05, 0) is 43.7 Å². The Labute approximate surface area is 193 Å². The fourth-order valence-corrected chi connectivity index (χ4v) is 3.57. The lowest BCUT2D eigenvalue weighted by atomic mass is 10.0. The Kier molecular flexibility index (Phi) is 6.39. The number of hydrogen-bond acceptors (Lipinski definition) is 3. The first-order chi connectivity index (χ1) is 15.5. The Bertz CT molecular complexity index is 1300. The molecule has 5 heteroatoms. The van der Waals surface area contributed by atoms with Gasteiger partial charge in [-0.2, -0.15) is 10.4 Å². The molecule has 158 valence electrons. The molecule has 4 rings (SSSR count). The van der Waals surface area contributed by atoms with Crippen molar-refractivity contribution in [1.29, 1.82) is 5.26 Å². The molecule has 0 atom stereocenters. The summed E-state index contributed by atoms with van der Waals surface area (Å²) in [6.45, 7) is 4.02. The molecule has 0 saturated carbocycles. The summed E-state index contributed by atoms with van der Waals surface area (Å²) in [4.78, 5) is 0. The summed E-state index contributed by atoms with van der Waals surface area (Å²) in [6.07, 6.45) is 4.19. The zero-order valence-corrected chi connectivity index (χ0v) is 18.8. The van der Waals surface area contributed by atoms with Crippen molar-refractivity contribution in [2.75, 3.05) is 5.32 Å². The molecule has 4 nitrogen and oxygen atoms in total. The molecule has 4 aromatic rings. The van der Waals surface area contributed by atoms with Gasteiger partial charge in [-0.25, -0.2) is 4.68 Å². The summed E-state index contributed by atoms with van der Waals surface area (Å²) in [7, 11) is 0. The van der Waals surface area contributed by atoms with Gasteiger partial charge in [0.05, 0.1) is 17.5 Å². The molecule has 1 N–H and O–H groups in total. The zero-order valence-electron chi connectivity index (χ0n) is 18.0. The van der Waals surface area contributed by atoms with Gasteiger partial charge in [0.25, 0.3) is 0 Å². The molecule has 0 fully saturated rings. The Morgan fingerprint density at radius 3 is 2.50 bits per heavy atom. The summed E-state index contributed by atoms with van der Waals surface area (Å²) in [6, 6.07) is 26.3. The van der Waals surface area contributed by atoms with Crippen LogP contribution in [0.15, 0.2) is 90.8 Å². The smallest absolute Gasteiger partial charge is 0.0965 e. The monoisotopic (exact) mass is 438 g/mol. The molecule has 32 heavy (non-hydrogen) atoms. The molecule has 0 aliphatic carbocycles. The van der Waals surface area contributed by atoms with Crippen molar-refractivity contribution < 1.29 is 0 Å². The normalized spacial score (nSPS) is 11.2. The number of nitriles is 1. The van der Waals surface area contributed by atoms with Crippen LogP contribution in [0, 0.1) is 25.2 Å². The van der Waals surface area contributed by atoms with Gasteiger partial charge in [0, 0.05) is 46.2 Å². The van der Waals surface area contributed by atoms with Crippen LogP contribution in [0.25, 0.3) is 16.9 Å². The number of aryl methyl sites for hydroxylation is 2. The highest BCUT2D eigenvalue weighted by Gasteiger charge is 2.14. The number of anilines is 1. The third-order valence-electron chi connectivity index (χ3n) is 5.25. The van der Waals surface area contributed by atoms with E-state index >= 15 is 0 Å². The maximum Gasteiger partial charge on any atom is 0.0965 e. The summed E-state index contributed by atoms with van der Waals surface area (Å²) >= 11 is 6.22. The zero-order chi connectivity index (χ0) is 22.5. The van der Waals surface area contributed by atoms with Crippen LogP contribution in [0.4, 0.5) is 5.69 Å². The first-order valence-corrected chi connectivity index (χ1v) is 10.7. The predicted octanol–water partition coefficient (Wildman–Crippen LogP) is 6.87. The Morgan fingerprint density at radius 2 is 1.81 bits per heavy atom. The highest BCUT2D eigenvalue weighted by atomic mass is 35.5. The van der Waals surface area contributed by atoms with Crippen LogP contribution in [-0.2, 0) is 6.42 Å². The van der Waals surface area contributed by atoms with Crippen molar-refractivity contribution in [3.8, 4) is 23.0 Å². The fraction of sp³-hybridized carbons (Fsp3) is 0.111. The fourth-order valence-electron chi connectivity index (χ4n) is 3.39. The van der Waals surface area contributed by atoms with Gasteiger partial charge < -0.3 is 5.32 Å². The van der Waals surface area contributed by atoms with Crippen LogP contribution in [0.5, 0.6) is 0 Å². The Morgan fingerprint density at radius 1 is 1.06 bits per heavy atom. The third kappa shape index (κ3) is 4.91. The minimum atomic E-state index is 0.457. The van der Waals surface area contributed by atoms with Crippen LogP contribution in [0.3, 0.4) is 0 Å². The maximum absolute atomic E-state index is 9.77. The molecule has 0 saturated heterocycles. The van der Waals surface area contributed by atoms with Crippen molar-refractivity contribution in [2.45, 2.75) is 20.3 Å². The molecule has 0 amide bonds. The van der Waals surface area contributed by atoms with E-state index in [-0.39, 0.29) is 0 Å². The van der Waals surface area contributed by atoms with Gasteiger partial charge in [0.15, 0.2) is 0 Å².